The molecule has 1 amide bonds. The number of amides is 1. The van der Waals surface area contributed by atoms with Gasteiger partial charge in [-0.2, -0.15) is 5.10 Å². The normalized spacial score (nSPS) is 16.7. The molecule has 3 aromatic rings. The maximum absolute atomic E-state index is 12.2. The van der Waals surface area contributed by atoms with E-state index < -0.39 is 0 Å². The smallest absolute Gasteiger partial charge is 0.226 e. The lowest BCUT2D eigenvalue weighted by Gasteiger charge is -2.23. The largest absolute Gasteiger partial charge is 0.508 e. The summed E-state index contributed by atoms with van der Waals surface area (Å²) in [5.74, 6) is 0.838. The van der Waals surface area contributed by atoms with Crippen molar-refractivity contribution in [3.63, 3.8) is 0 Å². The van der Waals surface area contributed by atoms with Crippen molar-refractivity contribution in [2.45, 2.75) is 12.3 Å². The number of carbonyl (C=O) groups is 1. The highest BCUT2D eigenvalue weighted by atomic mass is 16.3. The second kappa shape index (κ2) is 5.28. The van der Waals surface area contributed by atoms with E-state index in [4.69, 9.17) is 0 Å². The van der Waals surface area contributed by atoms with Gasteiger partial charge in [-0.15, -0.1) is 0 Å². The Balaban J connectivity index is 1.81. The van der Waals surface area contributed by atoms with Gasteiger partial charge >= 0.3 is 0 Å². The van der Waals surface area contributed by atoms with Gasteiger partial charge in [0.25, 0.3) is 0 Å². The lowest BCUT2D eigenvalue weighted by molar-refractivity contribution is -0.116. The molecule has 2 N–H and O–H groups in total. The van der Waals surface area contributed by atoms with Crippen LogP contribution in [-0.2, 0) is 4.79 Å². The van der Waals surface area contributed by atoms with Crippen LogP contribution in [0.3, 0.4) is 0 Å². The molecule has 5 heteroatoms. The summed E-state index contributed by atoms with van der Waals surface area (Å²) in [6, 6.07) is 16.7. The lowest BCUT2D eigenvalue weighted by atomic mass is 9.87. The van der Waals surface area contributed by atoms with Crippen LogP contribution >= 0.6 is 0 Å². The van der Waals surface area contributed by atoms with E-state index in [-0.39, 0.29) is 17.6 Å². The Morgan fingerprint density at radius 1 is 1.09 bits per heavy atom. The summed E-state index contributed by atoms with van der Waals surface area (Å²) in [4.78, 5) is 12.2. The molecule has 0 radical (unpaired) electrons. The molecule has 0 spiro atoms. The number of nitrogens with zero attached hydrogens (tertiary/aromatic N) is 2. The number of fused-ring (bicyclic) bond motifs is 1. The number of rotatable bonds is 2. The third-order valence-electron chi connectivity index (χ3n) is 4.12. The second-order valence-corrected chi connectivity index (χ2v) is 5.59. The summed E-state index contributed by atoms with van der Waals surface area (Å²) in [7, 11) is 0. The monoisotopic (exact) mass is 305 g/mol. The number of anilines is 1. The summed E-state index contributed by atoms with van der Waals surface area (Å²) in [5, 5.41) is 16.8. The van der Waals surface area contributed by atoms with Gasteiger partial charge in [0.15, 0.2) is 0 Å². The predicted octanol–water partition coefficient (Wildman–Crippen LogP) is 3.05. The Morgan fingerprint density at radius 2 is 1.83 bits per heavy atom. The number of carbonyl (C=O) groups excluding carboxylic acids is 1. The maximum Gasteiger partial charge on any atom is 0.226 e. The number of aromatic hydroxyl groups is 1. The minimum Gasteiger partial charge on any atom is -0.508 e. The first kappa shape index (κ1) is 13.6. The third kappa shape index (κ3) is 2.36. The van der Waals surface area contributed by atoms with Gasteiger partial charge in [-0.1, -0.05) is 30.3 Å². The van der Waals surface area contributed by atoms with Gasteiger partial charge in [0, 0.05) is 17.9 Å². The molecular formula is C18H15N3O2. The number of para-hydroxylation sites is 1. The van der Waals surface area contributed by atoms with Crippen molar-refractivity contribution in [1.82, 2.24) is 9.78 Å². The summed E-state index contributed by atoms with van der Waals surface area (Å²) in [6.45, 7) is 0. The van der Waals surface area contributed by atoms with Crippen molar-refractivity contribution in [2.24, 2.45) is 0 Å². The van der Waals surface area contributed by atoms with Crippen LogP contribution in [0, 0.1) is 0 Å². The summed E-state index contributed by atoms with van der Waals surface area (Å²) < 4.78 is 1.75. The molecular weight excluding hydrogens is 290 g/mol. The number of hydrogen-bond donors (Lipinski definition) is 2. The number of hydrogen-bond acceptors (Lipinski definition) is 3. The number of phenols is 1. The molecule has 1 aromatic heterocycles. The molecule has 0 bridgehead atoms. The molecule has 0 aliphatic carbocycles. The number of phenolic OH excluding ortho intramolecular Hbond substituents is 1. The zero-order valence-corrected chi connectivity index (χ0v) is 12.3. The minimum atomic E-state index is -0.0585. The van der Waals surface area contributed by atoms with E-state index in [0.717, 1.165) is 16.8 Å². The highest BCUT2D eigenvalue weighted by Gasteiger charge is 2.30. The Hall–Kier alpha value is -3.08. The first-order valence-electron chi connectivity index (χ1n) is 7.44. The number of nitrogens with one attached hydrogen (secondary N) is 1. The standard InChI is InChI=1S/C18H15N3O2/c22-14-8-6-12(7-9-14)15-10-17(23)20-18-16(15)11-19-21(18)13-4-2-1-3-5-13/h1-9,11,15,22H,10H2,(H,20,23)/t15-/m1/s1. The second-order valence-electron chi connectivity index (χ2n) is 5.59. The van der Waals surface area contributed by atoms with Crippen LogP contribution in [0.25, 0.3) is 5.69 Å². The zero-order chi connectivity index (χ0) is 15.8. The van der Waals surface area contributed by atoms with Gasteiger partial charge in [0.2, 0.25) is 5.91 Å². The maximum atomic E-state index is 12.2. The Bertz CT molecular complexity index is 854. The van der Waals surface area contributed by atoms with Crippen LogP contribution in [0.4, 0.5) is 5.82 Å². The van der Waals surface area contributed by atoms with Gasteiger partial charge in [0.1, 0.15) is 11.6 Å². The molecule has 0 saturated heterocycles. The Labute approximate surface area is 133 Å². The van der Waals surface area contributed by atoms with Crippen LogP contribution in [0.15, 0.2) is 60.8 Å². The van der Waals surface area contributed by atoms with Crippen LogP contribution < -0.4 is 5.32 Å². The molecule has 5 nitrogen and oxygen atoms in total. The van der Waals surface area contributed by atoms with Crippen LogP contribution in [0.2, 0.25) is 0 Å². The van der Waals surface area contributed by atoms with Gasteiger partial charge in [-0.3, -0.25) is 4.79 Å². The average molecular weight is 305 g/mol. The molecule has 1 atom stereocenters. The third-order valence-corrected chi connectivity index (χ3v) is 4.12. The van der Waals surface area contributed by atoms with Gasteiger partial charge in [-0.25, -0.2) is 4.68 Å². The van der Waals surface area contributed by atoms with E-state index >= 15 is 0 Å². The van der Waals surface area contributed by atoms with Crippen molar-refractivity contribution in [3.8, 4) is 11.4 Å². The molecule has 0 unspecified atom stereocenters. The first-order chi connectivity index (χ1) is 11.2. The van der Waals surface area contributed by atoms with Gasteiger partial charge < -0.3 is 10.4 Å². The molecule has 114 valence electrons. The molecule has 1 aliphatic heterocycles. The van der Waals surface area contributed by atoms with Crippen molar-refractivity contribution >= 4 is 11.7 Å². The Morgan fingerprint density at radius 3 is 2.57 bits per heavy atom. The first-order valence-corrected chi connectivity index (χ1v) is 7.44. The molecule has 23 heavy (non-hydrogen) atoms. The van der Waals surface area contributed by atoms with Crippen molar-refractivity contribution in [1.29, 1.82) is 0 Å². The van der Waals surface area contributed by atoms with Gasteiger partial charge in [-0.05, 0) is 29.8 Å². The van der Waals surface area contributed by atoms with E-state index in [1.165, 1.54) is 0 Å². The molecule has 4 rings (SSSR count). The molecule has 2 heterocycles. The summed E-state index contributed by atoms with van der Waals surface area (Å²) >= 11 is 0. The fourth-order valence-electron chi connectivity index (χ4n) is 2.99. The zero-order valence-electron chi connectivity index (χ0n) is 12.3. The average Bonchev–Trinajstić information content (AvgIpc) is 2.99. The fourth-order valence-corrected chi connectivity index (χ4v) is 2.99. The highest BCUT2D eigenvalue weighted by Crippen LogP contribution is 2.38. The van der Waals surface area contributed by atoms with Crippen LogP contribution in [-0.4, -0.2) is 20.8 Å². The van der Waals surface area contributed by atoms with E-state index in [0.29, 0.717) is 12.2 Å². The predicted molar refractivity (Wildman–Crippen MR) is 86.8 cm³/mol. The van der Waals surface area contributed by atoms with Gasteiger partial charge in [0.05, 0.1) is 11.9 Å². The number of aromatic nitrogens is 2. The van der Waals surface area contributed by atoms with E-state index in [1.807, 2.05) is 42.5 Å². The van der Waals surface area contributed by atoms with Crippen LogP contribution in [0.5, 0.6) is 5.75 Å². The van der Waals surface area contributed by atoms with E-state index in [2.05, 4.69) is 10.4 Å². The topological polar surface area (TPSA) is 67.1 Å². The highest BCUT2D eigenvalue weighted by molar-refractivity contribution is 5.94. The quantitative estimate of drug-likeness (QED) is 0.764. The minimum absolute atomic E-state index is 0.0340. The fraction of sp³-hybridized carbons (Fsp3) is 0.111. The molecule has 2 aromatic carbocycles. The van der Waals surface area contributed by atoms with Crippen molar-refractivity contribution in [2.75, 3.05) is 5.32 Å². The van der Waals surface area contributed by atoms with Crippen LogP contribution in [0.1, 0.15) is 23.5 Å². The molecule has 0 saturated carbocycles. The molecule has 1 aliphatic rings. The Kier molecular flexibility index (Phi) is 3.12. The van der Waals surface area contributed by atoms with E-state index in [9.17, 15) is 9.90 Å². The van der Waals surface area contributed by atoms with E-state index in [1.54, 1.807) is 23.0 Å². The molecule has 0 fully saturated rings. The van der Waals surface area contributed by atoms with Crippen molar-refractivity contribution < 1.29 is 9.90 Å². The number of benzene rings is 2. The lowest BCUT2D eigenvalue weighted by Crippen LogP contribution is -2.24. The summed E-state index contributed by atoms with van der Waals surface area (Å²) in [6.07, 6.45) is 2.18. The SMILES string of the molecule is O=C1C[C@H](c2ccc(O)cc2)c2cnn(-c3ccccc3)c2N1. The van der Waals surface area contributed by atoms with Crippen molar-refractivity contribution in [3.05, 3.63) is 71.9 Å². The summed E-state index contributed by atoms with van der Waals surface area (Å²) in [5.41, 5.74) is 2.88.